The molecule has 1 aliphatic rings. The normalized spacial score (nSPS) is 19.9. The zero-order valence-electron chi connectivity index (χ0n) is 16.2. The Hall–Kier alpha value is -2.44. The molecule has 1 saturated heterocycles. The molecule has 2 unspecified atom stereocenters. The Balaban J connectivity index is 1.73. The second-order valence-corrected chi connectivity index (χ2v) is 8.14. The molecule has 0 saturated carbocycles. The van der Waals surface area contributed by atoms with Crippen LogP contribution in [-0.4, -0.2) is 41.0 Å². The molecule has 0 spiro atoms. The highest BCUT2D eigenvalue weighted by molar-refractivity contribution is 6.31. The summed E-state index contributed by atoms with van der Waals surface area (Å²) in [5.74, 6) is -1.39. The van der Waals surface area contributed by atoms with E-state index >= 15 is 0 Å². The number of carboxylic acids is 1. The molecule has 154 valence electrons. The molecule has 29 heavy (non-hydrogen) atoms. The van der Waals surface area contributed by atoms with Crippen molar-refractivity contribution in [3.05, 3.63) is 58.9 Å². The van der Waals surface area contributed by atoms with Crippen molar-refractivity contribution in [2.45, 2.75) is 32.2 Å². The summed E-state index contributed by atoms with van der Waals surface area (Å²) in [5, 5.41) is 10.2. The maximum absolute atomic E-state index is 14.0. The topological polar surface area (TPSA) is 83.6 Å². The maximum atomic E-state index is 14.0. The standard InChI is InChI=1S/C22H24ClFN2O3/c1-14(27)26-9-8-22(13-26,21(28)29)12-17(25)10-16-7-6-15(11-19(16)23)18-4-2-3-5-20(18)24/h2-7,11,17H,8-10,12-13,25H2,1H3,(H,28,29). The van der Waals surface area contributed by atoms with Gasteiger partial charge in [-0.25, -0.2) is 4.39 Å². The van der Waals surface area contributed by atoms with Crippen molar-refractivity contribution in [3.8, 4) is 11.1 Å². The fourth-order valence-corrected chi connectivity index (χ4v) is 4.26. The molecule has 1 heterocycles. The van der Waals surface area contributed by atoms with Crippen LogP contribution in [0.15, 0.2) is 42.5 Å². The van der Waals surface area contributed by atoms with Crippen LogP contribution in [0, 0.1) is 11.2 Å². The molecule has 2 aromatic rings. The number of hydrogen-bond donors (Lipinski definition) is 2. The first-order chi connectivity index (χ1) is 13.7. The maximum Gasteiger partial charge on any atom is 0.311 e. The quantitative estimate of drug-likeness (QED) is 0.748. The molecule has 2 aromatic carbocycles. The van der Waals surface area contributed by atoms with Crippen LogP contribution < -0.4 is 5.73 Å². The highest BCUT2D eigenvalue weighted by Crippen LogP contribution is 2.36. The predicted octanol–water partition coefficient (Wildman–Crippen LogP) is 3.73. The summed E-state index contributed by atoms with van der Waals surface area (Å²) >= 11 is 6.41. The molecule has 3 N–H and O–H groups in total. The summed E-state index contributed by atoms with van der Waals surface area (Å²) in [7, 11) is 0. The number of carbonyl (C=O) groups excluding carboxylic acids is 1. The molecule has 0 aliphatic carbocycles. The summed E-state index contributed by atoms with van der Waals surface area (Å²) < 4.78 is 14.0. The first kappa shape index (κ1) is 21.3. The number of rotatable bonds is 6. The first-order valence-electron chi connectivity index (χ1n) is 9.50. The highest BCUT2D eigenvalue weighted by Gasteiger charge is 2.46. The lowest BCUT2D eigenvalue weighted by atomic mass is 9.79. The van der Waals surface area contributed by atoms with Gasteiger partial charge in [0.15, 0.2) is 0 Å². The average molecular weight is 419 g/mol. The molecule has 7 heteroatoms. The number of hydrogen-bond acceptors (Lipinski definition) is 3. The minimum Gasteiger partial charge on any atom is -0.481 e. The van der Waals surface area contributed by atoms with Crippen LogP contribution in [0.1, 0.15) is 25.3 Å². The minimum atomic E-state index is -1.04. The second kappa shape index (κ2) is 8.51. The predicted molar refractivity (Wildman–Crippen MR) is 110 cm³/mol. The van der Waals surface area contributed by atoms with Crippen LogP contribution in [0.3, 0.4) is 0 Å². The van der Waals surface area contributed by atoms with E-state index in [0.29, 0.717) is 35.5 Å². The zero-order valence-corrected chi connectivity index (χ0v) is 17.0. The lowest BCUT2D eigenvalue weighted by Gasteiger charge is -2.27. The first-order valence-corrected chi connectivity index (χ1v) is 9.87. The number of nitrogens with two attached hydrogens (primary N) is 1. The molecule has 1 aliphatic heterocycles. The summed E-state index contributed by atoms with van der Waals surface area (Å²) in [6.07, 6.45) is 1.03. The van der Waals surface area contributed by atoms with Gasteiger partial charge in [-0.3, -0.25) is 9.59 Å². The SMILES string of the molecule is CC(=O)N1CCC(CC(N)Cc2ccc(-c3ccccc3F)cc2Cl)(C(=O)O)C1. The highest BCUT2D eigenvalue weighted by atomic mass is 35.5. The van der Waals surface area contributed by atoms with E-state index in [1.54, 1.807) is 41.3 Å². The van der Waals surface area contributed by atoms with Crippen LogP contribution in [0.5, 0.6) is 0 Å². The Morgan fingerprint density at radius 3 is 2.62 bits per heavy atom. The Kier molecular flexibility index (Phi) is 6.24. The Morgan fingerprint density at radius 2 is 2.03 bits per heavy atom. The van der Waals surface area contributed by atoms with Crippen molar-refractivity contribution in [3.63, 3.8) is 0 Å². The largest absolute Gasteiger partial charge is 0.481 e. The molecule has 1 fully saturated rings. The molecule has 3 rings (SSSR count). The Bertz CT molecular complexity index is 936. The van der Waals surface area contributed by atoms with Crippen molar-refractivity contribution >= 4 is 23.5 Å². The molecular formula is C22H24ClFN2O3. The van der Waals surface area contributed by atoms with Gasteiger partial charge in [-0.2, -0.15) is 0 Å². The number of halogens is 2. The van der Waals surface area contributed by atoms with Crippen molar-refractivity contribution in [1.82, 2.24) is 4.90 Å². The molecule has 5 nitrogen and oxygen atoms in total. The van der Waals surface area contributed by atoms with Gasteiger partial charge in [0.2, 0.25) is 5.91 Å². The summed E-state index contributed by atoms with van der Waals surface area (Å²) in [6.45, 7) is 2.03. The van der Waals surface area contributed by atoms with E-state index < -0.39 is 17.4 Å². The molecule has 2 atom stereocenters. The average Bonchev–Trinajstić information content (AvgIpc) is 3.09. The Morgan fingerprint density at radius 1 is 1.31 bits per heavy atom. The van der Waals surface area contributed by atoms with Crippen LogP contribution in [-0.2, 0) is 16.0 Å². The van der Waals surface area contributed by atoms with Gasteiger partial charge in [-0.15, -0.1) is 0 Å². The van der Waals surface area contributed by atoms with Gasteiger partial charge in [0.05, 0.1) is 5.41 Å². The van der Waals surface area contributed by atoms with Crippen LogP contribution in [0.25, 0.3) is 11.1 Å². The number of carboxylic acid groups (broad SMARTS) is 1. The number of amides is 1. The number of carbonyl (C=O) groups is 2. The van der Waals surface area contributed by atoms with E-state index in [1.807, 2.05) is 0 Å². The molecular weight excluding hydrogens is 395 g/mol. The van der Waals surface area contributed by atoms with Gasteiger partial charge in [0.1, 0.15) is 5.82 Å². The van der Waals surface area contributed by atoms with Gasteiger partial charge in [0, 0.05) is 36.6 Å². The van der Waals surface area contributed by atoms with Crippen LogP contribution in [0.2, 0.25) is 5.02 Å². The molecule has 1 amide bonds. The van der Waals surface area contributed by atoms with Crippen LogP contribution >= 0.6 is 11.6 Å². The summed E-state index contributed by atoms with van der Waals surface area (Å²) in [5.41, 5.74) is 7.16. The fraction of sp³-hybridized carbons (Fsp3) is 0.364. The Labute approximate surface area is 174 Å². The molecule has 0 bridgehead atoms. The van der Waals surface area contributed by atoms with Gasteiger partial charge in [-0.05, 0) is 42.5 Å². The lowest BCUT2D eigenvalue weighted by Crippen LogP contribution is -2.41. The van der Waals surface area contributed by atoms with Gasteiger partial charge < -0.3 is 15.7 Å². The van der Waals surface area contributed by atoms with Gasteiger partial charge >= 0.3 is 5.97 Å². The van der Waals surface area contributed by atoms with Crippen LogP contribution in [0.4, 0.5) is 4.39 Å². The zero-order chi connectivity index (χ0) is 21.2. The number of aliphatic carboxylic acids is 1. The van der Waals surface area contributed by atoms with E-state index in [4.69, 9.17) is 17.3 Å². The third-order valence-corrected chi connectivity index (χ3v) is 5.98. The molecule has 0 aromatic heterocycles. The lowest BCUT2D eigenvalue weighted by molar-refractivity contribution is -0.149. The van der Waals surface area contributed by atoms with Crippen molar-refractivity contribution in [2.75, 3.05) is 13.1 Å². The number of benzene rings is 2. The number of nitrogens with zero attached hydrogens (tertiary/aromatic N) is 1. The fourth-order valence-electron chi connectivity index (χ4n) is 4.00. The third kappa shape index (κ3) is 4.60. The second-order valence-electron chi connectivity index (χ2n) is 7.73. The van der Waals surface area contributed by atoms with E-state index in [0.717, 1.165) is 5.56 Å². The van der Waals surface area contributed by atoms with Gasteiger partial charge in [0.25, 0.3) is 0 Å². The van der Waals surface area contributed by atoms with E-state index in [2.05, 4.69) is 0 Å². The monoisotopic (exact) mass is 418 g/mol. The minimum absolute atomic E-state index is 0.131. The summed E-state index contributed by atoms with van der Waals surface area (Å²) in [6, 6.07) is 11.3. The summed E-state index contributed by atoms with van der Waals surface area (Å²) in [4.78, 5) is 25.1. The van der Waals surface area contributed by atoms with E-state index in [1.165, 1.54) is 13.0 Å². The van der Waals surface area contributed by atoms with E-state index in [-0.39, 0.29) is 24.7 Å². The van der Waals surface area contributed by atoms with Crippen molar-refractivity contribution in [2.24, 2.45) is 11.1 Å². The third-order valence-electron chi connectivity index (χ3n) is 5.63. The number of likely N-dealkylation sites (tertiary alicyclic amines) is 1. The molecule has 0 radical (unpaired) electrons. The van der Waals surface area contributed by atoms with Crippen molar-refractivity contribution < 1.29 is 19.1 Å². The van der Waals surface area contributed by atoms with Gasteiger partial charge in [-0.1, -0.05) is 41.9 Å². The van der Waals surface area contributed by atoms with Crippen molar-refractivity contribution in [1.29, 1.82) is 0 Å². The van der Waals surface area contributed by atoms with E-state index in [9.17, 15) is 19.1 Å². The smallest absolute Gasteiger partial charge is 0.311 e.